The Bertz CT molecular complexity index is 1260. The van der Waals surface area contributed by atoms with Crippen molar-refractivity contribution in [3.05, 3.63) is 70.6 Å². The van der Waals surface area contributed by atoms with E-state index in [1.165, 1.54) is 6.92 Å². The molecule has 1 aromatic heterocycles. The van der Waals surface area contributed by atoms with E-state index < -0.39 is 0 Å². The van der Waals surface area contributed by atoms with E-state index in [1.54, 1.807) is 18.2 Å². The Morgan fingerprint density at radius 2 is 1.82 bits per heavy atom. The number of hydrogen-bond acceptors (Lipinski definition) is 5. The van der Waals surface area contributed by atoms with Gasteiger partial charge in [-0.25, -0.2) is 4.98 Å². The van der Waals surface area contributed by atoms with Gasteiger partial charge in [-0.1, -0.05) is 42.8 Å². The van der Waals surface area contributed by atoms with Gasteiger partial charge >= 0.3 is 0 Å². The van der Waals surface area contributed by atoms with Gasteiger partial charge in [0.1, 0.15) is 11.6 Å². The zero-order valence-corrected chi connectivity index (χ0v) is 24.1. The van der Waals surface area contributed by atoms with Crippen LogP contribution in [0.2, 0.25) is 5.02 Å². The first-order valence-corrected chi connectivity index (χ1v) is 13.8. The largest absolute Gasteiger partial charge is 0.489 e. The molecule has 0 aliphatic rings. The maximum Gasteiger partial charge on any atom is 0.251 e. The highest BCUT2D eigenvalue weighted by atomic mass is 35.5. The predicted octanol–water partition coefficient (Wildman–Crippen LogP) is 5.32. The van der Waals surface area contributed by atoms with Crippen LogP contribution in [0, 0.1) is 0 Å². The zero-order valence-electron chi connectivity index (χ0n) is 23.3. The van der Waals surface area contributed by atoms with Crippen molar-refractivity contribution in [2.24, 2.45) is 0 Å². The predicted molar refractivity (Wildman–Crippen MR) is 154 cm³/mol. The van der Waals surface area contributed by atoms with E-state index >= 15 is 0 Å². The number of rotatable bonds is 13. The van der Waals surface area contributed by atoms with Gasteiger partial charge < -0.3 is 25.0 Å². The third-order valence-corrected chi connectivity index (χ3v) is 6.48. The first kappa shape index (κ1) is 30.2. The van der Waals surface area contributed by atoms with Gasteiger partial charge in [0.2, 0.25) is 5.91 Å². The number of nitrogens with zero attached hydrogens (tertiary/aromatic N) is 2. The Morgan fingerprint density at radius 3 is 2.41 bits per heavy atom. The molecule has 39 heavy (non-hydrogen) atoms. The fraction of sp³-hybridized carbons (Fsp3) is 0.433. The Morgan fingerprint density at radius 1 is 1.10 bits per heavy atom. The van der Waals surface area contributed by atoms with Crippen LogP contribution >= 0.6 is 11.6 Å². The Hall–Kier alpha value is -3.36. The highest BCUT2D eigenvalue weighted by Gasteiger charge is 2.18. The molecule has 2 atom stereocenters. The average molecular weight is 555 g/mol. The number of ether oxygens (including phenoxy) is 1. The number of benzene rings is 2. The monoisotopic (exact) mass is 554 g/mol. The second-order valence-corrected chi connectivity index (χ2v) is 10.4. The smallest absolute Gasteiger partial charge is 0.251 e. The second-order valence-electron chi connectivity index (χ2n) is 10.00. The van der Waals surface area contributed by atoms with Crippen molar-refractivity contribution in [3.63, 3.8) is 0 Å². The van der Waals surface area contributed by atoms with Crippen LogP contribution in [0.3, 0.4) is 0 Å². The lowest BCUT2D eigenvalue weighted by molar-refractivity contribution is -0.119. The zero-order chi connectivity index (χ0) is 28.5. The number of aliphatic hydroxyl groups excluding tert-OH is 1. The van der Waals surface area contributed by atoms with E-state index in [0.29, 0.717) is 29.2 Å². The number of aryl methyl sites for hydroxylation is 1. The number of carbonyl (C=O) groups excluding carboxylic acids is 2. The fourth-order valence-corrected chi connectivity index (χ4v) is 4.67. The molecule has 3 N–H and O–H groups in total. The highest BCUT2D eigenvalue weighted by molar-refractivity contribution is 6.32. The van der Waals surface area contributed by atoms with Crippen molar-refractivity contribution in [1.82, 2.24) is 20.2 Å². The lowest BCUT2D eigenvalue weighted by Gasteiger charge is -2.19. The average Bonchev–Trinajstić information content (AvgIpc) is 3.29. The van der Waals surface area contributed by atoms with E-state index in [1.807, 2.05) is 51.2 Å². The maximum absolute atomic E-state index is 12.9. The van der Waals surface area contributed by atoms with Crippen LogP contribution in [-0.2, 0) is 17.8 Å². The van der Waals surface area contributed by atoms with E-state index in [9.17, 15) is 14.7 Å². The molecule has 0 saturated carbocycles. The molecule has 0 fully saturated rings. The van der Waals surface area contributed by atoms with Crippen LogP contribution in [0.1, 0.15) is 75.2 Å². The molecular weight excluding hydrogens is 516 g/mol. The van der Waals surface area contributed by atoms with Gasteiger partial charge in [-0.05, 0) is 63.8 Å². The Labute approximate surface area is 235 Å². The molecule has 3 rings (SSSR count). The number of carbonyl (C=O) groups is 2. The molecule has 1 unspecified atom stereocenters. The molecular formula is C30H39ClN4O4. The minimum absolute atomic E-state index is 0.0242. The van der Waals surface area contributed by atoms with Crippen molar-refractivity contribution in [1.29, 1.82) is 0 Å². The standard InChI is InChI=1S/C30H39ClN4O4/c1-6-14-35-18-27(34-29(35)20(4)32-21(5)37)23-9-7-22(8-10-23)16-25(13-15-36)33-30(38)24-11-12-28(26(31)17-24)39-19(2)3/h7-12,17-20,25,36H,6,13-16H2,1-5H3,(H,32,37)(H,33,38)/t20-,25?/m0/s1. The van der Waals surface area contributed by atoms with Crippen LogP contribution < -0.4 is 15.4 Å². The molecule has 0 spiro atoms. The molecule has 2 aromatic carbocycles. The van der Waals surface area contributed by atoms with Crippen molar-refractivity contribution in [3.8, 4) is 17.0 Å². The fourth-order valence-electron chi connectivity index (χ4n) is 4.44. The van der Waals surface area contributed by atoms with Crippen molar-refractivity contribution in [2.75, 3.05) is 6.61 Å². The van der Waals surface area contributed by atoms with Gasteiger partial charge in [-0.3, -0.25) is 9.59 Å². The molecule has 8 nitrogen and oxygen atoms in total. The van der Waals surface area contributed by atoms with Gasteiger partial charge in [0.25, 0.3) is 5.91 Å². The SMILES string of the molecule is CCCn1cc(-c2ccc(CC(CCO)NC(=O)c3ccc(OC(C)C)c(Cl)c3)cc2)nc1[C@H](C)NC(C)=O. The van der Waals surface area contributed by atoms with Gasteiger partial charge in [-0.15, -0.1) is 0 Å². The molecule has 210 valence electrons. The number of aromatic nitrogens is 2. The number of nitrogens with one attached hydrogen (secondary N) is 2. The molecule has 0 aliphatic heterocycles. The van der Waals surface area contributed by atoms with E-state index in [2.05, 4.69) is 22.1 Å². The highest BCUT2D eigenvalue weighted by Crippen LogP contribution is 2.27. The van der Waals surface area contributed by atoms with Crippen LogP contribution in [0.25, 0.3) is 11.3 Å². The summed E-state index contributed by atoms with van der Waals surface area (Å²) in [5.74, 6) is 1.00. The van der Waals surface area contributed by atoms with Crippen molar-refractivity contribution in [2.45, 2.75) is 78.6 Å². The maximum atomic E-state index is 12.9. The summed E-state index contributed by atoms with van der Waals surface area (Å²) in [5, 5.41) is 15.9. The number of imidazole rings is 1. The van der Waals surface area contributed by atoms with Gasteiger partial charge in [0.05, 0.1) is 22.9 Å². The van der Waals surface area contributed by atoms with Gasteiger partial charge in [0, 0.05) is 43.4 Å². The quantitative estimate of drug-likeness (QED) is 0.265. The van der Waals surface area contributed by atoms with Gasteiger partial charge in [0.15, 0.2) is 0 Å². The summed E-state index contributed by atoms with van der Waals surface area (Å²) >= 11 is 6.31. The summed E-state index contributed by atoms with van der Waals surface area (Å²) < 4.78 is 7.74. The van der Waals surface area contributed by atoms with Crippen LogP contribution in [-0.4, -0.2) is 45.2 Å². The lowest BCUT2D eigenvalue weighted by Crippen LogP contribution is -2.37. The van der Waals surface area contributed by atoms with E-state index in [0.717, 1.165) is 35.6 Å². The number of amides is 2. The number of halogens is 1. The summed E-state index contributed by atoms with van der Waals surface area (Å²) in [5.41, 5.74) is 3.26. The Kier molecular flexibility index (Phi) is 10.9. The Balaban J connectivity index is 1.71. The summed E-state index contributed by atoms with van der Waals surface area (Å²) in [4.78, 5) is 29.3. The summed E-state index contributed by atoms with van der Waals surface area (Å²) in [6.07, 6.45) is 3.92. The third-order valence-electron chi connectivity index (χ3n) is 6.18. The molecule has 0 bridgehead atoms. The number of hydrogen-bond donors (Lipinski definition) is 3. The molecule has 0 radical (unpaired) electrons. The summed E-state index contributed by atoms with van der Waals surface area (Å²) in [7, 11) is 0. The van der Waals surface area contributed by atoms with Crippen LogP contribution in [0.15, 0.2) is 48.7 Å². The molecule has 1 heterocycles. The minimum atomic E-state index is -0.259. The minimum Gasteiger partial charge on any atom is -0.489 e. The molecule has 2 amide bonds. The van der Waals surface area contributed by atoms with Crippen molar-refractivity contribution < 1.29 is 19.4 Å². The number of aliphatic hydroxyl groups is 1. The molecule has 9 heteroatoms. The molecule has 3 aromatic rings. The second kappa shape index (κ2) is 14.1. The van der Waals surface area contributed by atoms with Crippen LogP contribution in [0.4, 0.5) is 0 Å². The topological polar surface area (TPSA) is 105 Å². The van der Waals surface area contributed by atoms with E-state index in [4.69, 9.17) is 21.3 Å². The summed E-state index contributed by atoms with van der Waals surface area (Å²) in [6, 6.07) is 12.6. The third kappa shape index (κ3) is 8.57. The first-order chi connectivity index (χ1) is 18.6. The lowest BCUT2D eigenvalue weighted by atomic mass is 10.0. The first-order valence-electron chi connectivity index (χ1n) is 13.4. The van der Waals surface area contributed by atoms with Crippen LogP contribution in [0.5, 0.6) is 5.75 Å². The summed E-state index contributed by atoms with van der Waals surface area (Å²) in [6.45, 7) is 10.1. The van der Waals surface area contributed by atoms with E-state index in [-0.39, 0.29) is 36.6 Å². The molecule has 0 saturated heterocycles. The van der Waals surface area contributed by atoms with Crippen molar-refractivity contribution >= 4 is 23.4 Å². The molecule has 0 aliphatic carbocycles. The normalized spacial score (nSPS) is 12.7. The van der Waals surface area contributed by atoms with Gasteiger partial charge in [-0.2, -0.15) is 0 Å².